The molecule has 0 saturated heterocycles. The first-order valence-corrected chi connectivity index (χ1v) is 7.44. The van der Waals surface area contributed by atoms with Gasteiger partial charge in [0.05, 0.1) is 0 Å². The van der Waals surface area contributed by atoms with Crippen LogP contribution in [-0.2, 0) is 7.05 Å². The van der Waals surface area contributed by atoms with Crippen LogP contribution >= 0.6 is 15.9 Å². The molecule has 2 heteroatoms. The molecule has 0 atom stereocenters. The maximum absolute atomic E-state index is 3.46. The van der Waals surface area contributed by atoms with Crippen molar-refractivity contribution in [3.63, 3.8) is 0 Å². The molecular formula is C18H16BrN. The molecule has 3 aromatic rings. The Morgan fingerprint density at radius 2 is 1.65 bits per heavy atom. The molecule has 20 heavy (non-hydrogen) atoms. The Kier molecular flexibility index (Phi) is 3.49. The second-order valence-corrected chi connectivity index (χ2v) is 5.88. The zero-order valence-electron chi connectivity index (χ0n) is 11.6. The van der Waals surface area contributed by atoms with Gasteiger partial charge in [-0.15, -0.1) is 0 Å². The van der Waals surface area contributed by atoms with Crippen LogP contribution in [0.5, 0.6) is 0 Å². The normalized spacial score (nSPS) is 11.6. The van der Waals surface area contributed by atoms with E-state index in [1.165, 1.54) is 27.7 Å². The summed E-state index contributed by atoms with van der Waals surface area (Å²) in [6.07, 6.45) is 4.38. The largest absolute Gasteiger partial charge is 0.347 e. The third-order valence-electron chi connectivity index (χ3n) is 3.76. The van der Waals surface area contributed by atoms with Crippen molar-refractivity contribution >= 4 is 39.0 Å². The summed E-state index contributed by atoms with van der Waals surface area (Å²) in [6, 6.07) is 16.9. The van der Waals surface area contributed by atoms with Crippen LogP contribution in [0.25, 0.3) is 23.1 Å². The summed E-state index contributed by atoms with van der Waals surface area (Å²) in [4.78, 5) is 0. The number of para-hydroxylation sites is 1. The van der Waals surface area contributed by atoms with Crippen molar-refractivity contribution in [2.45, 2.75) is 6.92 Å². The first kappa shape index (κ1) is 13.2. The molecule has 0 N–H and O–H groups in total. The van der Waals surface area contributed by atoms with Gasteiger partial charge in [0.1, 0.15) is 0 Å². The van der Waals surface area contributed by atoms with Crippen molar-refractivity contribution in [1.82, 2.24) is 4.57 Å². The monoisotopic (exact) mass is 325 g/mol. The first-order valence-electron chi connectivity index (χ1n) is 6.64. The Balaban J connectivity index is 2.06. The van der Waals surface area contributed by atoms with Crippen LogP contribution in [0, 0.1) is 6.92 Å². The minimum Gasteiger partial charge on any atom is -0.347 e. The van der Waals surface area contributed by atoms with Crippen molar-refractivity contribution in [3.8, 4) is 0 Å². The lowest BCUT2D eigenvalue weighted by Crippen LogP contribution is -1.89. The molecule has 0 aliphatic heterocycles. The summed E-state index contributed by atoms with van der Waals surface area (Å²) in [5, 5.41) is 1.31. The Bertz CT molecular complexity index is 779. The predicted molar refractivity (Wildman–Crippen MR) is 90.7 cm³/mol. The molecule has 0 fully saturated rings. The average molecular weight is 326 g/mol. The highest BCUT2D eigenvalue weighted by Crippen LogP contribution is 2.26. The average Bonchev–Trinajstić information content (AvgIpc) is 2.71. The fourth-order valence-electron chi connectivity index (χ4n) is 2.51. The Labute approximate surface area is 127 Å². The molecule has 0 bridgehead atoms. The van der Waals surface area contributed by atoms with Crippen LogP contribution in [0.1, 0.15) is 16.8 Å². The summed E-state index contributed by atoms with van der Waals surface area (Å²) in [5.74, 6) is 0. The third kappa shape index (κ3) is 2.32. The number of fused-ring (bicyclic) bond motifs is 1. The van der Waals surface area contributed by atoms with Crippen molar-refractivity contribution in [3.05, 3.63) is 69.8 Å². The molecule has 100 valence electrons. The smallest absolute Gasteiger partial charge is 0.0486 e. The molecule has 0 unspecified atom stereocenters. The number of benzene rings is 2. The lowest BCUT2D eigenvalue weighted by molar-refractivity contribution is 0.916. The highest BCUT2D eigenvalue weighted by Gasteiger charge is 2.08. The fraction of sp³-hybridized carbons (Fsp3) is 0.111. The number of hydrogen-bond acceptors (Lipinski definition) is 0. The van der Waals surface area contributed by atoms with Crippen molar-refractivity contribution in [1.29, 1.82) is 0 Å². The lowest BCUT2D eigenvalue weighted by Gasteiger charge is -1.98. The zero-order valence-corrected chi connectivity index (χ0v) is 13.2. The Morgan fingerprint density at radius 3 is 2.40 bits per heavy atom. The number of halogens is 1. The molecule has 1 aromatic heterocycles. The van der Waals surface area contributed by atoms with Crippen molar-refractivity contribution < 1.29 is 0 Å². The van der Waals surface area contributed by atoms with Crippen LogP contribution in [0.2, 0.25) is 0 Å². The van der Waals surface area contributed by atoms with E-state index in [1.54, 1.807) is 0 Å². The lowest BCUT2D eigenvalue weighted by atomic mass is 10.1. The van der Waals surface area contributed by atoms with E-state index in [9.17, 15) is 0 Å². The molecule has 0 amide bonds. The summed E-state index contributed by atoms with van der Waals surface area (Å²) in [5.41, 5.74) is 5.08. The van der Waals surface area contributed by atoms with E-state index in [2.05, 4.69) is 95.2 Å². The van der Waals surface area contributed by atoms with E-state index in [0.717, 1.165) is 4.47 Å². The standard InChI is InChI=1S/C18H16BrN/c1-13-16(12-9-14-7-10-15(19)11-8-14)17-5-3-4-6-18(17)20(13)2/h3-12H,1-2H3/b12-9+. The van der Waals surface area contributed by atoms with Crippen LogP contribution in [0.4, 0.5) is 0 Å². The van der Waals surface area contributed by atoms with E-state index in [0.29, 0.717) is 0 Å². The van der Waals surface area contributed by atoms with Crippen molar-refractivity contribution in [2.75, 3.05) is 0 Å². The molecule has 0 radical (unpaired) electrons. The van der Waals surface area contributed by atoms with E-state index in [-0.39, 0.29) is 0 Å². The van der Waals surface area contributed by atoms with E-state index < -0.39 is 0 Å². The minimum absolute atomic E-state index is 1.11. The maximum atomic E-state index is 3.46. The van der Waals surface area contributed by atoms with Gasteiger partial charge >= 0.3 is 0 Å². The highest BCUT2D eigenvalue weighted by molar-refractivity contribution is 9.10. The minimum atomic E-state index is 1.11. The maximum Gasteiger partial charge on any atom is 0.0486 e. The first-order chi connectivity index (χ1) is 9.66. The van der Waals surface area contributed by atoms with Crippen LogP contribution < -0.4 is 0 Å². The molecule has 0 spiro atoms. The molecular weight excluding hydrogens is 310 g/mol. The van der Waals surface area contributed by atoms with Gasteiger partial charge in [0, 0.05) is 33.7 Å². The van der Waals surface area contributed by atoms with Gasteiger partial charge in [-0.1, -0.05) is 58.4 Å². The third-order valence-corrected chi connectivity index (χ3v) is 4.29. The van der Waals surface area contributed by atoms with Gasteiger partial charge in [-0.25, -0.2) is 0 Å². The van der Waals surface area contributed by atoms with Crippen molar-refractivity contribution in [2.24, 2.45) is 7.05 Å². The Hall–Kier alpha value is -1.80. The molecule has 0 saturated carbocycles. The summed E-state index contributed by atoms with van der Waals surface area (Å²) in [7, 11) is 2.12. The quantitative estimate of drug-likeness (QED) is 0.592. The van der Waals surface area contributed by atoms with E-state index in [4.69, 9.17) is 0 Å². The molecule has 1 nitrogen and oxygen atoms in total. The molecule has 0 aliphatic rings. The van der Waals surface area contributed by atoms with Gasteiger partial charge in [0.2, 0.25) is 0 Å². The number of rotatable bonds is 2. The molecule has 3 rings (SSSR count). The van der Waals surface area contributed by atoms with Gasteiger partial charge in [-0.2, -0.15) is 0 Å². The topological polar surface area (TPSA) is 4.93 Å². The van der Waals surface area contributed by atoms with E-state index in [1.807, 2.05) is 0 Å². The summed E-state index contributed by atoms with van der Waals surface area (Å²) < 4.78 is 3.35. The summed E-state index contributed by atoms with van der Waals surface area (Å²) in [6.45, 7) is 2.17. The number of aromatic nitrogens is 1. The van der Waals surface area contributed by atoms with Gasteiger partial charge < -0.3 is 4.57 Å². The second kappa shape index (κ2) is 5.29. The number of hydrogen-bond donors (Lipinski definition) is 0. The van der Waals surface area contributed by atoms with Gasteiger partial charge in [0.15, 0.2) is 0 Å². The molecule has 1 heterocycles. The van der Waals surface area contributed by atoms with Crippen LogP contribution in [0.3, 0.4) is 0 Å². The second-order valence-electron chi connectivity index (χ2n) is 4.96. The number of nitrogens with zero attached hydrogens (tertiary/aromatic N) is 1. The number of aryl methyl sites for hydroxylation is 1. The van der Waals surface area contributed by atoms with Gasteiger partial charge in [-0.3, -0.25) is 0 Å². The SMILES string of the molecule is Cc1c(/C=C/c2ccc(Br)cc2)c2ccccc2n1C. The van der Waals surface area contributed by atoms with E-state index >= 15 is 0 Å². The highest BCUT2D eigenvalue weighted by atomic mass is 79.9. The zero-order chi connectivity index (χ0) is 14.1. The van der Waals surface area contributed by atoms with Crippen LogP contribution in [-0.4, -0.2) is 4.57 Å². The Morgan fingerprint density at radius 1 is 0.950 bits per heavy atom. The predicted octanol–water partition coefficient (Wildman–Crippen LogP) is 5.42. The van der Waals surface area contributed by atoms with Crippen LogP contribution in [0.15, 0.2) is 53.0 Å². The summed E-state index contributed by atoms with van der Waals surface area (Å²) >= 11 is 3.46. The fourth-order valence-corrected chi connectivity index (χ4v) is 2.78. The van der Waals surface area contributed by atoms with Gasteiger partial charge in [-0.05, 0) is 30.7 Å². The molecule has 0 aliphatic carbocycles. The van der Waals surface area contributed by atoms with Gasteiger partial charge in [0.25, 0.3) is 0 Å². The molecule has 2 aromatic carbocycles.